The molecule has 0 radical (unpaired) electrons. The van der Waals surface area contributed by atoms with E-state index in [1.54, 1.807) is 11.3 Å². The van der Waals surface area contributed by atoms with Gasteiger partial charge in [0.2, 0.25) is 0 Å². The minimum atomic E-state index is 0.196. The van der Waals surface area contributed by atoms with Crippen LogP contribution in [0.3, 0.4) is 0 Å². The molecule has 2 nitrogen and oxygen atoms in total. The lowest BCUT2D eigenvalue weighted by Gasteiger charge is -2.24. The number of halogens is 1. The minimum Gasteiger partial charge on any atom is -0.311 e. The molecule has 1 heterocycles. The zero-order valence-corrected chi connectivity index (χ0v) is 12.8. The molecule has 4 heteroatoms. The Bertz CT molecular complexity index is 317. The van der Waals surface area contributed by atoms with Crippen molar-refractivity contribution in [3.05, 3.63) is 20.8 Å². The van der Waals surface area contributed by atoms with Crippen LogP contribution in [0.1, 0.15) is 33.3 Å². The molecule has 0 spiro atoms. The first-order valence-corrected chi connectivity index (χ1v) is 7.25. The summed E-state index contributed by atoms with van der Waals surface area (Å²) in [6.45, 7) is 10.7. The van der Waals surface area contributed by atoms with Crippen LogP contribution < -0.4 is 10.6 Å². The van der Waals surface area contributed by atoms with E-state index in [0.29, 0.717) is 6.04 Å². The first kappa shape index (κ1) is 14.2. The van der Waals surface area contributed by atoms with Crippen molar-refractivity contribution < 1.29 is 0 Å². The molecule has 16 heavy (non-hydrogen) atoms. The molecule has 1 aromatic heterocycles. The van der Waals surface area contributed by atoms with Crippen molar-refractivity contribution >= 4 is 27.3 Å². The van der Waals surface area contributed by atoms with Gasteiger partial charge in [-0.1, -0.05) is 0 Å². The highest BCUT2D eigenvalue weighted by Crippen LogP contribution is 2.20. The molecular weight excluding hydrogens is 284 g/mol. The van der Waals surface area contributed by atoms with Crippen LogP contribution in [0.15, 0.2) is 15.2 Å². The summed E-state index contributed by atoms with van der Waals surface area (Å²) in [7, 11) is 0. The van der Waals surface area contributed by atoms with E-state index in [0.717, 1.165) is 13.1 Å². The summed E-state index contributed by atoms with van der Waals surface area (Å²) in [5, 5.41) is 9.18. The Balaban J connectivity index is 2.22. The Kier molecular flexibility index (Phi) is 5.44. The third kappa shape index (κ3) is 5.99. The molecule has 1 atom stereocenters. The molecule has 0 bridgehead atoms. The molecule has 92 valence electrons. The molecule has 0 saturated heterocycles. The van der Waals surface area contributed by atoms with E-state index in [2.05, 4.69) is 65.7 Å². The second-order valence-corrected chi connectivity index (χ2v) is 7.46. The second-order valence-electron chi connectivity index (χ2n) is 5.17. The average molecular weight is 305 g/mol. The van der Waals surface area contributed by atoms with Crippen LogP contribution in [0.2, 0.25) is 0 Å². The van der Waals surface area contributed by atoms with Crippen LogP contribution in [0.5, 0.6) is 0 Å². The summed E-state index contributed by atoms with van der Waals surface area (Å²) in [5.74, 6) is 0. The predicted octanol–water partition coefficient (Wildman–Crippen LogP) is 3.38. The number of hydrogen-bond donors (Lipinski definition) is 2. The number of nitrogens with one attached hydrogen (secondary N) is 2. The molecule has 0 saturated carbocycles. The van der Waals surface area contributed by atoms with Crippen LogP contribution in [0.4, 0.5) is 0 Å². The minimum absolute atomic E-state index is 0.196. The molecular formula is C12H21BrN2S. The van der Waals surface area contributed by atoms with E-state index >= 15 is 0 Å². The normalized spacial score (nSPS) is 14.1. The van der Waals surface area contributed by atoms with Gasteiger partial charge in [0.15, 0.2) is 0 Å². The van der Waals surface area contributed by atoms with Gasteiger partial charge in [0.25, 0.3) is 0 Å². The van der Waals surface area contributed by atoms with Gasteiger partial charge in [-0.05, 0) is 60.6 Å². The highest BCUT2D eigenvalue weighted by Gasteiger charge is 2.10. The maximum atomic E-state index is 3.51. The summed E-state index contributed by atoms with van der Waals surface area (Å²) in [6.07, 6.45) is 0. The van der Waals surface area contributed by atoms with Crippen LogP contribution in [0, 0.1) is 0 Å². The lowest BCUT2D eigenvalue weighted by molar-refractivity contribution is 0.387. The number of hydrogen-bond acceptors (Lipinski definition) is 3. The summed E-state index contributed by atoms with van der Waals surface area (Å²) in [6, 6.07) is 2.65. The van der Waals surface area contributed by atoms with Crippen molar-refractivity contribution in [1.82, 2.24) is 10.6 Å². The van der Waals surface area contributed by atoms with Gasteiger partial charge in [-0.2, -0.15) is 0 Å². The van der Waals surface area contributed by atoms with E-state index in [-0.39, 0.29) is 5.54 Å². The molecule has 0 fully saturated rings. The molecule has 0 aromatic carbocycles. The molecule has 1 unspecified atom stereocenters. The van der Waals surface area contributed by atoms with Crippen molar-refractivity contribution in [3.63, 3.8) is 0 Å². The van der Waals surface area contributed by atoms with E-state index in [4.69, 9.17) is 0 Å². The van der Waals surface area contributed by atoms with Crippen molar-refractivity contribution in [2.75, 3.05) is 6.54 Å². The van der Waals surface area contributed by atoms with Gasteiger partial charge in [-0.25, -0.2) is 0 Å². The standard InChI is InChI=1S/C12H21BrN2S/c1-9(6-15-12(2,3)4)14-7-10-5-11(13)16-8-10/h5,8-9,14-15H,6-7H2,1-4H3. The first-order chi connectivity index (χ1) is 7.37. The SMILES string of the molecule is CC(CNC(C)(C)C)NCc1csc(Br)c1. The lowest BCUT2D eigenvalue weighted by atomic mass is 10.1. The average Bonchev–Trinajstić information content (AvgIpc) is 2.57. The largest absolute Gasteiger partial charge is 0.311 e. The Hall–Kier alpha value is 0.100. The fourth-order valence-electron chi connectivity index (χ4n) is 1.26. The van der Waals surface area contributed by atoms with E-state index < -0.39 is 0 Å². The molecule has 0 aliphatic rings. The molecule has 0 aliphatic heterocycles. The van der Waals surface area contributed by atoms with Gasteiger partial charge < -0.3 is 10.6 Å². The van der Waals surface area contributed by atoms with Crippen LogP contribution in [0.25, 0.3) is 0 Å². The van der Waals surface area contributed by atoms with Gasteiger partial charge in [-0.3, -0.25) is 0 Å². The fourth-order valence-corrected chi connectivity index (χ4v) is 2.47. The van der Waals surface area contributed by atoms with Crippen molar-refractivity contribution in [1.29, 1.82) is 0 Å². The summed E-state index contributed by atoms with van der Waals surface area (Å²) < 4.78 is 1.20. The van der Waals surface area contributed by atoms with Gasteiger partial charge in [0.1, 0.15) is 0 Å². The Morgan fingerprint density at radius 3 is 2.62 bits per heavy atom. The van der Waals surface area contributed by atoms with Gasteiger partial charge >= 0.3 is 0 Å². The molecule has 2 N–H and O–H groups in total. The van der Waals surface area contributed by atoms with Gasteiger partial charge in [-0.15, -0.1) is 11.3 Å². The maximum Gasteiger partial charge on any atom is 0.0701 e. The Morgan fingerprint density at radius 2 is 2.12 bits per heavy atom. The summed E-state index contributed by atoms with van der Waals surface area (Å²) >= 11 is 5.21. The third-order valence-electron chi connectivity index (χ3n) is 2.21. The third-order valence-corrected chi connectivity index (χ3v) is 3.77. The predicted molar refractivity (Wildman–Crippen MR) is 76.1 cm³/mol. The monoisotopic (exact) mass is 304 g/mol. The topological polar surface area (TPSA) is 24.1 Å². The smallest absolute Gasteiger partial charge is 0.0701 e. The quantitative estimate of drug-likeness (QED) is 0.871. The van der Waals surface area contributed by atoms with Gasteiger partial charge in [0.05, 0.1) is 3.79 Å². The molecule has 1 aromatic rings. The fraction of sp³-hybridized carbons (Fsp3) is 0.667. The van der Waals surface area contributed by atoms with Crippen LogP contribution in [-0.4, -0.2) is 18.1 Å². The highest BCUT2D eigenvalue weighted by atomic mass is 79.9. The van der Waals surface area contributed by atoms with E-state index in [9.17, 15) is 0 Å². The van der Waals surface area contributed by atoms with Gasteiger partial charge in [0, 0.05) is 24.7 Å². The Morgan fingerprint density at radius 1 is 1.44 bits per heavy atom. The highest BCUT2D eigenvalue weighted by molar-refractivity contribution is 9.11. The maximum absolute atomic E-state index is 3.51. The molecule has 0 aliphatic carbocycles. The number of rotatable bonds is 5. The van der Waals surface area contributed by atoms with Crippen molar-refractivity contribution in [2.45, 2.75) is 45.8 Å². The zero-order chi connectivity index (χ0) is 12.2. The first-order valence-electron chi connectivity index (χ1n) is 5.58. The number of thiophene rings is 1. The summed E-state index contributed by atoms with van der Waals surface area (Å²) in [5.41, 5.74) is 1.54. The molecule has 0 amide bonds. The van der Waals surface area contributed by atoms with Crippen molar-refractivity contribution in [3.8, 4) is 0 Å². The van der Waals surface area contributed by atoms with E-state index in [1.165, 1.54) is 9.35 Å². The van der Waals surface area contributed by atoms with Crippen LogP contribution >= 0.6 is 27.3 Å². The van der Waals surface area contributed by atoms with E-state index in [1.807, 2.05) is 0 Å². The summed E-state index contributed by atoms with van der Waals surface area (Å²) in [4.78, 5) is 0. The van der Waals surface area contributed by atoms with Crippen molar-refractivity contribution in [2.24, 2.45) is 0 Å². The second kappa shape index (κ2) is 6.15. The van der Waals surface area contributed by atoms with Crippen LogP contribution in [-0.2, 0) is 6.54 Å². The Labute approximate surface area is 111 Å². The molecule has 1 rings (SSSR count). The zero-order valence-electron chi connectivity index (χ0n) is 10.4. The lowest BCUT2D eigenvalue weighted by Crippen LogP contribution is -2.44.